The Hall–Kier alpha value is -2.90. The number of carbonyl (C=O) groups excluding carboxylic acids is 2. The summed E-state index contributed by atoms with van der Waals surface area (Å²) in [4.78, 5) is 32.5. The van der Waals surface area contributed by atoms with Crippen LogP contribution in [0, 0.1) is 5.82 Å². The van der Waals surface area contributed by atoms with Crippen LogP contribution in [-0.2, 0) is 20.9 Å². The predicted molar refractivity (Wildman–Crippen MR) is 141 cm³/mol. The summed E-state index contributed by atoms with van der Waals surface area (Å²) < 4.78 is 26.6. The molecule has 6 nitrogen and oxygen atoms in total. The summed E-state index contributed by atoms with van der Waals surface area (Å²) in [5.41, 5.74) is 1.33. The first-order valence-electron chi connectivity index (χ1n) is 12.5. The molecule has 1 aromatic carbocycles. The number of nitrogens with zero attached hydrogens (tertiary/aromatic N) is 2. The number of pyridine rings is 1. The largest absolute Gasteiger partial charge is 0.488 e. The first kappa shape index (κ1) is 27.1. The molecule has 0 spiro atoms. The van der Waals surface area contributed by atoms with Crippen LogP contribution >= 0.6 is 23.2 Å². The molecule has 196 valence electrons. The van der Waals surface area contributed by atoms with Crippen LogP contribution in [0.4, 0.5) is 10.1 Å². The van der Waals surface area contributed by atoms with Crippen molar-refractivity contribution in [3.05, 3.63) is 75.8 Å². The molecule has 37 heavy (non-hydrogen) atoms. The average molecular weight is 547 g/mol. The molecule has 1 amide bonds. The summed E-state index contributed by atoms with van der Waals surface area (Å²) in [7, 11) is 0. The fraction of sp³-hybridized carbons (Fsp3) is 0.393. The second-order valence-electron chi connectivity index (χ2n) is 9.19. The van der Waals surface area contributed by atoms with Crippen LogP contribution in [0.3, 0.4) is 0 Å². The van der Waals surface area contributed by atoms with E-state index in [9.17, 15) is 9.59 Å². The maximum atomic E-state index is 15.3. The van der Waals surface area contributed by atoms with Gasteiger partial charge in [-0.2, -0.15) is 0 Å². The van der Waals surface area contributed by atoms with Crippen LogP contribution in [0.15, 0.2) is 54.3 Å². The highest BCUT2D eigenvalue weighted by Crippen LogP contribution is 2.36. The normalized spacial score (nSPS) is 16.0. The van der Waals surface area contributed by atoms with E-state index in [-0.39, 0.29) is 35.7 Å². The summed E-state index contributed by atoms with van der Waals surface area (Å²) in [5, 5.41) is 0.368. The number of hydrogen-bond acceptors (Lipinski definition) is 5. The monoisotopic (exact) mass is 546 g/mol. The van der Waals surface area contributed by atoms with E-state index < -0.39 is 17.7 Å². The maximum absolute atomic E-state index is 15.3. The van der Waals surface area contributed by atoms with Gasteiger partial charge in [0, 0.05) is 23.4 Å². The number of anilines is 1. The number of esters is 1. The summed E-state index contributed by atoms with van der Waals surface area (Å²) in [5.74, 6) is -1.40. The third-order valence-corrected chi connectivity index (χ3v) is 7.09. The minimum absolute atomic E-state index is 0.00307. The Kier molecular flexibility index (Phi) is 9.22. The molecule has 0 N–H and O–H groups in total. The van der Waals surface area contributed by atoms with Crippen LogP contribution in [0.25, 0.3) is 0 Å². The van der Waals surface area contributed by atoms with Crippen LogP contribution in [0.5, 0.6) is 5.75 Å². The highest BCUT2D eigenvalue weighted by Gasteiger charge is 2.32. The van der Waals surface area contributed by atoms with E-state index in [1.54, 1.807) is 12.1 Å². The number of amides is 1. The molecule has 0 atom stereocenters. The minimum atomic E-state index is -0.697. The Balaban J connectivity index is 1.74. The Morgan fingerprint density at radius 3 is 2.51 bits per heavy atom. The maximum Gasteiger partial charge on any atom is 0.334 e. The molecule has 1 saturated carbocycles. The Bertz CT molecular complexity index is 1190. The van der Waals surface area contributed by atoms with Crippen molar-refractivity contribution in [2.75, 3.05) is 11.5 Å². The summed E-state index contributed by atoms with van der Waals surface area (Å²) in [6.07, 6.45) is 9.03. The van der Waals surface area contributed by atoms with Crippen LogP contribution in [0.1, 0.15) is 56.9 Å². The van der Waals surface area contributed by atoms with E-state index in [1.807, 2.05) is 0 Å². The molecule has 0 unspecified atom stereocenters. The third-order valence-electron chi connectivity index (χ3n) is 6.57. The molecule has 1 fully saturated rings. The second-order valence-corrected chi connectivity index (χ2v) is 9.98. The van der Waals surface area contributed by atoms with E-state index >= 15 is 4.39 Å². The molecular weight excluding hydrogens is 518 g/mol. The van der Waals surface area contributed by atoms with Gasteiger partial charge in [0.25, 0.3) is 5.91 Å². The Labute approximate surface area is 226 Å². The molecule has 0 radical (unpaired) electrons. The van der Waals surface area contributed by atoms with Crippen molar-refractivity contribution >= 4 is 40.8 Å². The smallest absolute Gasteiger partial charge is 0.334 e. The second kappa shape index (κ2) is 12.6. The summed E-state index contributed by atoms with van der Waals surface area (Å²) >= 11 is 12.1. The van der Waals surface area contributed by atoms with E-state index in [1.165, 1.54) is 23.2 Å². The van der Waals surface area contributed by atoms with Crippen molar-refractivity contribution in [2.45, 2.75) is 64.0 Å². The molecule has 1 heterocycles. The molecular formula is C28H29Cl2FN2O4. The van der Waals surface area contributed by atoms with Gasteiger partial charge in [0.15, 0.2) is 0 Å². The lowest BCUT2D eigenvalue weighted by atomic mass is 9.90. The van der Waals surface area contributed by atoms with Crippen molar-refractivity contribution in [1.82, 2.24) is 4.98 Å². The van der Waals surface area contributed by atoms with Crippen molar-refractivity contribution in [3.63, 3.8) is 0 Å². The SMILES string of the molecule is C=CCOc1cc(N(Cc2ccc(Cl)nc2)C(=O)C2=C(C(=O)OC3CCCC3)CCCC2)c(F)cc1Cl. The Morgan fingerprint density at radius 2 is 1.84 bits per heavy atom. The fourth-order valence-electron chi connectivity index (χ4n) is 4.69. The van der Waals surface area contributed by atoms with Gasteiger partial charge in [0.05, 0.1) is 17.3 Å². The zero-order valence-corrected chi connectivity index (χ0v) is 22.0. The molecule has 2 aliphatic rings. The van der Waals surface area contributed by atoms with Crippen LogP contribution in [0.2, 0.25) is 10.2 Å². The van der Waals surface area contributed by atoms with Gasteiger partial charge in [0.2, 0.25) is 0 Å². The van der Waals surface area contributed by atoms with Gasteiger partial charge in [0.1, 0.15) is 29.4 Å². The van der Waals surface area contributed by atoms with Gasteiger partial charge >= 0.3 is 5.97 Å². The standard InChI is InChI=1S/C28H29Cl2FN2O4/c1-2-13-36-25-15-24(23(31)14-22(25)29)33(17-18-11-12-26(30)32-16-18)27(34)20-9-5-6-10-21(20)28(35)37-19-7-3-4-8-19/h2,11-12,14-16,19H,1,3-10,13,17H2. The van der Waals surface area contributed by atoms with Crippen molar-refractivity contribution in [3.8, 4) is 5.75 Å². The molecule has 2 aromatic rings. The van der Waals surface area contributed by atoms with E-state index in [2.05, 4.69) is 11.6 Å². The molecule has 4 rings (SSSR count). The summed E-state index contributed by atoms with van der Waals surface area (Å²) in [6, 6.07) is 5.81. The van der Waals surface area contributed by atoms with Gasteiger partial charge < -0.3 is 14.4 Å². The fourth-order valence-corrected chi connectivity index (χ4v) is 5.01. The van der Waals surface area contributed by atoms with Crippen LogP contribution < -0.4 is 9.64 Å². The van der Waals surface area contributed by atoms with Crippen molar-refractivity contribution < 1.29 is 23.5 Å². The number of ether oxygens (including phenoxy) is 2. The van der Waals surface area contributed by atoms with E-state index in [0.29, 0.717) is 34.7 Å². The van der Waals surface area contributed by atoms with Gasteiger partial charge in [-0.05, 0) is 69.1 Å². The number of rotatable bonds is 9. The van der Waals surface area contributed by atoms with Gasteiger partial charge in [-0.15, -0.1) is 0 Å². The van der Waals surface area contributed by atoms with E-state index in [0.717, 1.165) is 44.6 Å². The quantitative estimate of drug-likeness (QED) is 0.193. The number of benzene rings is 1. The van der Waals surface area contributed by atoms with Crippen molar-refractivity contribution in [2.24, 2.45) is 0 Å². The average Bonchev–Trinajstić information content (AvgIpc) is 3.41. The van der Waals surface area contributed by atoms with Crippen LogP contribution in [-0.4, -0.2) is 29.6 Å². The molecule has 2 aliphatic carbocycles. The predicted octanol–water partition coefficient (Wildman–Crippen LogP) is 6.98. The third kappa shape index (κ3) is 6.70. The zero-order chi connectivity index (χ0) is 26.4. The van der Waals surface area contributed by atoms with E-state index in [4.69, 9.17) is 32.7 Å². The Morgan fingerprint density at radius 1 is 1.11 bits per heavy atom. The van der Waals surface area contributed by atoms with Gasteiger partial charge in [-0.1, -0.05) is 41.9 Å². The first-order chi connectivity index (χ1) is 17.9. The highest BCUT2D eigenvalue weighted by molar-refractivity contribution is 6.32. The first-order valence-corrected chi connectivity index (χ1v) is 13.2. The number of hydrogen-bond donors (Lipinski definition) is 0. The molecule has 9 heteroatoms. The molecule has 0 aliphatic heterocycles. The number of halogens is 3. The zero-order valence-electron chi connectivity index (χ0n) is 20.5. The topological polar surface area (TPSA) is 68.7 Å². The number of carbonyl (C=O) groups is 2. The lowest BCUT2D eigenvalue weighted by Gasteiger charge is -2.28. The highest BCUT2D eigenvalue weighted by atomic mass is 35.5. The molecule has 0 bridgehead atoms. The lowest BCUT2D eigenvalue weighted by molar-refractivity contribution is -0.144. The molecule has 1 aromatic heterocycles. The summed E-state index contributed by atoms with van der Waals surface area (Å²) in [6.45, 7) is 3.77. The minimum Gasteiger partial charge on any atom is -0.488 e. The van der Waals surface area contributed by atoms with Gasteiger partial charge in [-0.25, -0.2) is 14.2 Å². The van der Waals surface area contributed by atoms with Crippen molar-refractivity contribution in [1.29, 1.82) is 0 Å². The molecule has 0 saturated heterocycles. The lowest BCUT2D eigenvalue weighted by Crippen LogP contribution is -2.35. The number of aromatic nitrogens is 1. The van der Waals surface area contributed by atoms with Gasteiger partial charge in [-0.3, -0.25) is 4.79 Å².